The van der Waals surface area contributed by atoms with Gasteiger partial charge in [-0.25, -0.2) is 0 Å². The maximum Gasteiger partial charge on any atom is 0.317 e. The van der Waals surface area contributed by atoms with E-state index < -0.39 is 5.41 Å². The molecule has 3 rings (SSSR count). The Hall–Kier alpha value is -2.09. The summed E-state index contributed by atoms with van der Waals surface area (Å²) in [6, 6.07) is 20.2. The monoisotopic (exact) mass is 266 g/mol. The molecule has 2 nitrogen and oxygen atoms in total. The van der Waals surface area contributed by atoms with E-state index >= 15 is 0 Å². The van der Waals surface area contributed by atoms with Crippen LogP contribution in [-0.2, 0) is 14.9 Å². The number of rotatable bonds is 4. The molecule has 1 aliphatic carbocycles. The second kappa shape index (κ2) is 5.12. The van der Waals surface area contributed by atoms with Gasteiger partial charge in [-0.15, -0.1) is 0 Å². The lowest BCUT2D eigenvalue weighted by Gasteiger charge is -2.16. The Balaban J connectivity index is 1.98. The highest BCUT2D eigenvalue weighted by molar-refractivity contribution is 5.89. The number of benzene rings is 2. The van der Waals surface area contributed by atoms with Gasteiger partial charge in [-0.2, -0.15) is 0 Å². The highest BCUT2D eigenvalue weighted by Crippen LogP contribution is 2.61. The van der Waals surface area contributed by atoms with Gasteiger partial charge in [0.05, 0.1) is 6.61 Å². The van der Waals surface area contributed by atoms with Crippen molar-refractivity contribution in [2.24, 2.45) is 0 Å². The molecule has 2 aromatic rings. The first-order valence-corrected chi connectivity index (χ1v) is 7.06. The molecule has 0 aromatic heterocycles. The summed E-state index contributed by atoms with van der Waals surface area (Å²) in [6.07, 6.45) is 0.833. The zero-order chi connectivity index (χ0) is 14.0. The Labute approximate surface area is 119 Å². The standard InChI is InChI=1S/C18H18O2/c1-2-20-17(19)18(15-11-7-4-8-12-15)13-16(18)14-9-5-3-6-10-14/h3-12,16H,2,13H2,1H3/t16-,18+/m0/s1. The molecule has 1 aliphatic rings. The maximum atomic E-state index is 12.5. The summed E-state index contributed by atoms with van der Waals surface area (Å²) in [6.45, 7) is 2.28. The van der Waals surface area contributed by atoms with E-state index in [1.165, 1.54) is 5.56 Å². The molecule has 20 heavy (non-hydrogen) atoms. The number of hydrogen-bond donors (Lipinski definition) is 0. The first-order valence-electron chi connectivity index (χ1n) is 7.06. The van der Waals surface area contributed by atoms with Gasteiger partial charge in [-0.3, -0.25) is 4.79 Å². The van der Waals surface area contributed by atoms with Crippen molar-refractivity contribution in [3.05, 3.63) is 71.8 Å². The van der Waals surface area contributed by atoms with Crippen LogP contribution in [0, 0.1) is 0 Å². The van der Waals surface area contributed by atoms with E-state index in [-0.39, 0.29) is 11.9 Å². The Morgan fingerprint density at radius 3 is 2.30 bits per heavy atom. The summed E-state index contributed by atoms with van der Waals surface area (Å²) in [4.78, 5) is 12.5. The fourth-order valence-corrected chi connectivity index (χ4v) is 3.01. The molecule has 0 heterocycles. The number of carbonyl (C=O) groups excluding carboxylic acids is 1. The van der Waals surface area contributed by atoms with Crippen molar-refractivity contribution >= 4 is 5.97 Å². The molecule has 0 radical (unpaired) electrons. The predicted molar refractivity (Wildman–Crippen MR) is 78.6 cm³/mol. The summed E-state index contributed by atoms with van der Waals surface area (Å²) in [5.74, 6) is 0.130. The van der Waals surface area contributed by atoms with Gasteiger partial charge < -0.3 is 4.74 Å². The van der Waals surface area contributed by atoms with Crippen LogP contribution >= 0.6 is 0 Å². The third-order valence-corrected chi connectivity index (χ3v) is 4.09. The van der Waals surface area contributed by atoms with Crippen LogP contribution in [0.25, 0.3) is 0 Å². The smallest absolute Gasteiger partial charge is 0.317 e. The van der Waals surface area contributed by atoms with Crippen LogP contribution < -0.4 is 0 Å². The molecule has 0 spiro atoms. The third kappa shape index (κ3) is 2.01. The van der Waals surface area contributed by atoms with E-state index in [2.05, 4.69) is 12.1 Å². The van der Waals surface area contributed by atoms with Crippen LogP contribution in [0.4, 0.5) is 0 Å². The van der Waals surface area contributed by atoms with Crippen LogP contribution in [0.15, 0.2) is 60.7 Å². The van der Waals surface area contributed by atoms with Crippen molar-refractivity contribution in [2.75, 3.05) is 6.61 Å². The SMILES string of the molecule is CCOC(=O)[C@@]1(c2ccccc2)C[C@H]1c1ccccc1. The fraction of sp³-hybridized carbons (Fsp3) is 0.278. The summed E-state index contributed by atoms with van der Waals surface area (Å²) in [5, 5.41) is 0. The lowest BCUT2D eigenvalue weighted by atomic mass is 9.91. The summed E-state index contributed by atoms with van der Waals surface area (Å²) < 4.78 is 5.34. The van der Waals surface area contributed by atoms with Gasteiger partial charge in [0.2, 0.25) is 0 Å². The Morgan fingerprint density at radius 2 is 1.70 bits per heavy atom. The van der Waals surface area contributed by atoms with E-state index in [0.29, 0.717) is 6.61 Å². The average Bonchev–Trinajstić information content (AvgIpc) is 3.26. The average molecular weight is 266 g/mol. The molecule has 2 atom stereocenters. The Bertz CT molecular complexity index is 591. The molecule has 0 N–H and O–H groups in total. The van der Waals surface area contributed by atoms with Gasteiger partial charge in [-0.05, 0) is 24.5 Å². The topological polar surface area (TPSA) is 26.3 Å². The number of hydrogen-bond acceptors (Lipinski definition) is 2. The zero-order valence-corrected chi connectivity index (χ0v) is 11.6. The van der Waals surface area contributed by atoms with E-state index in [9.17, 15) is 4.79 Å². The van der Waals surface area contributed by atoms with Crippen molar-refractivity contribution in [3.63, 3.8) is 0 Å². The lowest BCUT2D eigenvalue weighted by molar-refractivity contribution is -0.146. The first kappa shape index (κ1) is 12.9. The summed E-state index contributed by atoms with van der Waals surface area (Å²) in [5.41, 5.74) is 1.79. The highest BCUT2D eigenvalue weighted by Gasteiger charge is 2.62. The van der Waals surface area contributed by atoms with E-state index in [0.717, 1.165) is 12.0 Å². The molecule has 0 saturated heterocycles. The maximum absolute atomic E-state index is 12.5. The van der Waals surface area contributed by atoms with Gasteiger partial charge in [-0.1, -0.05) is 60.7 Å². The van der Waals surface area contributed by atoms with Gasteiger partial charge in [0.15, 0.2) is 0 Å². The van der Waals surface area contributed by atoms with E-state index in [1.807, 2.05) is 55.5 Å². The van der Waals surface area contributed by atoms with Crippen LogP contribution in [0.1, 0.15) is 30.4 Å². The minimum atomic E-state index is -0.487. The molecule has 0 amide bonds. The third-order valence-electron chi connectivity index (χ3n) is 4.09. The second-order valence-electron chi connectivity index (χ2n) is 5.23. The van der Waals surface area contributed by atoms with Gasteiger partial charge in [0.1, 0.15) is 5.41 Å². The van der Waals surface area contributed by atoms with Crippen molar-refractivity contribution in [1.82, 2.24) is 0 Å². The van der Waals surface area contributed by atoms with Gasteiger partial charge in [0.25, 0.3) is 0 Å². The van der Waals surface area contributed by atoms with Crippen LogP contribution in [-0.4, -0.2) is 12.6 Å². The number of esters is 1. The van der Waals surface area contributed by atoms with Crippen molar-refractivity contribution in [2.45, 2.75) is 24.7 Å². The normalized spacial score (nSPS) is 24.1. The fourth-order valence-electron chi connectivity index (χ4n) is 3.01. The molecule has 0 bridgehead atoms. The molecule has 2 heteroatoms. The molecule has 102 valence electrons. The minimum absolute atomic E-state index is 0.0972. The Kier molecular flexibility index (Phi) is 3.31. The minimum Gasteiger partial charge on any atom is -0.465 e. The van der Waals surface area contributed by atoms with Crippen LogP contribution in [0.5, 0.6) is 0 Å². The van der Waals surface area contributed by atoms with Crippen molar-refractivity contribution in [3.8, 4) is 0 Å². The van der Waals surface area contributed by atoms with E-state index in [1.54, 1.807) is 0 Å². The largest absolute Gasteiger partial charge is 0.465 e. The second-order valence-corrected chi connectivity index (χ2v) is 5.23. The number of carbonyl (C=O) groups is 1. The predicted octanol–water partition coefficient (Wildman–Crippen LogP) is 3.68. The molecule has 0 aliphatic heterocycles. The van der Waals surface area contributed by atoms with Crippen LogP contribution in [0.2, 0.25) is 0 Å². The highest BCUT2D eigenvalue weighted by atomic mass is 16.5. The zero-order valence-electron chi connectivity index (χ0n) is 11.6. The van der Waals surface area contributed by atoms with Gasteiger partial charge >= 0.3 is 5.97 Å². The summed E-state index contributed by atoms with van der Waals surface area (Å²) in [7, 11) is 0. The molecule has 2 aromatic carbocycles. The summed E-state index contributed by atoms with van der Waals surface area (Å²) >= 11 is 0. The quantitative estimate of drug-likeness (QED) is 0.789. The molecular weight excluding hydrogens is 248 g/mol. The van der Waals surface area contributed by atoms with Crippen LogP contribution in [0.3, 0.4) is 0 Å². The molecular formula is C18H18O2. The molecule has 1 fully saturated rings. The van der Waals surface area contributed by atoms with Gasteiger partial charge in [0, 0.05) is 5.92 Å². The van der Waals surface area contributed by atoms with E-state index in [4.69, 9.17) is 4.74 Å². The first-order chi connectivity index (χ1) is 9.79. The number of ether oxygens (including phenoxy) is 1. The molecule has 1 saturated carbocycles. The Morgan fingerprint density at radius 1 is 1.10 bits per heavy atom. The van der Waals surface area contributed by atoms with Crippen molar-refractivity contribution < 1.29 is 9.53 Å². The lowest BCUT2D eigenvalue weighted by Crippen LogP contribution is -2.25. The van der Waals surface area contributed by atoms with Crippen molar-refractivity contribution in [1.29, 1.82) is 0 Å². The molecule has 0 unspecified atom stereocenters.